The van der Waals surface area contributed by atoms with Crippen LogP contribution in [0.5, 0.6) is 0 Å². The van der Waals surface area contributed by atoms with Crippen molar-refractivity contribution >= 4 is 5.91 Å². The molecule has 1 fully saturated rings. The molecule has 0 N–H and O–H groups in total. The van der Waals surface area contributed by atoms with E-state index in [1.165, 1.54) is 17.7 Å². The monoisotopic (exact) mass is 301 g/mol. The van der Waals surface area contributed by atoms with Crippen LogP contribution < -0.4 is 0 Å². The van der Waals surface area contributed by atoms with Crippen LogP contribution in [0, 0.1) is 11.6 Å². The minimum Gasteiger partial charge on any atom is -0.342 e. The van der Waals surface area contributed by atoms with Gasteiger partial charge in [-0.15, -0.1) is 0 Å². The van der Waals surface area contributed by atoms with Gasteiger partial charge in [-0.3, -0.25) is 4.79 Å². The van der Waals surface area contributed by atoms with E-state index in [0.717, 1.165) is 12.5 Å². The highest BCUT2D eigenvalue weighted by Crippen LogP contribution is 2.27. The molecule has 2 nitrogen and oxygen atoms in total. The predicted molar refractivity (Wildman–Crippen MR) is 80.4 cm³/mol. The fourth-order valence-electron chi connectivity index (χ4n) is 2.94. The number of hydrogen-bond donors (Lipinski definition) is 0. The van der Waals surface area contributed by atoms with Crippen LogP contribution in [0.4, 0.5) is 8.78 Å². The molecule has 1 heterocycles. The first-order chi connectivity index (χ1) is 10.6. The zero-order valence-corrected chi connectivity index (χ0v) is 12.1. The standard InChI is InChI=1S/C18H17F2NO/c19-16-8-4-7-14(18(16)20)11-17(22)21-10-9-15(12-21)13-5-2-1-3-6-13/h1-8,15H,9-12H2/t15-/m1/s1. The molecule has 1 atom stereocenters. The summed E-state index contributed by atoms with van der Waals surface area (Å²) in [7, 11) is 0. The van der Waals surface area contributed by atoms with E-state index in [4.69, 9.17) is 0 Å². The third-order valence-corrected chi connectivity index (χ3v) is 4.19. The quantitative estimate of drug-likeness (QED) is 0.849. The molecule has 3 rings (SSSR count). The first kappa shape index (κ1) is 14.7. The van der Waals surface area contributed by atoms with Gasteiger partial charge in [0.1, 0.15) is 0 Å². The van der Waals surface area contributed by atoms with E-state index < -0.39 is 11.6 Å². The second kappa shape index (κ2) is 6.26. The molecule has 0 saturated carbocycles. The van der Waals surface area contributed by atoms with Crippen LogP contribution in [0.1, 0.15) is 23.5 Å². The lowest BCUT2D eigenvalue weighted by atomic mass is 9.99. The Labute approximate surface area is 128 Å². The maximum Gasteiger partial charge on any atom is 0.227 e. The highest BCUT2D eigenvalue weighted by molar-refractivity contribution is 5.79. The van der Waals surface area contributed by atoms with Crippen molar-refractivity contribution < 1.29 is 13.6 Å². The van der Waals surface area contributed by atoms with E-state index in [2.05, 4.69) is 12.1 Å². The molecular formula is C18H17F2NO. The lowest BCUT2D eigenvalue weighted by Gasteiger charge is -2.17. The van der Waals surface area contributed by atoms with Crippen molar-refractivity contribution in [1.29, 1.82) is 0 Å². The van der Waals surface area contributed by atoms with E-state index in [0.29, 0.717) is 19.0 Å². The Hall–Kier alpha value is -2.23. The van der Waals surface area contributed by atoms with Crippen LogP contribution in [-0.4, -0.2) is 23.9 Å². The molecule has 2 aromatic carbocycles. The van der Waals surface area contributed by atoms with Crippen molar-refractivity contribution in [3.05, 3.63) is 71.3 Å². The minimum atomic E-state index is -0.922. The van der Waals surface area contributed by atoms with Gasteiger partial charge in [-0.25, -0.2) is 8.78 Å². The number of carbonyl (C=O) groups is 1. The number of likely N-dealkylation sites (tertiary alicyclic amines) is 1. The molecule has 1 amide bonds. The maximum atomic E-state index is 13.6. The topological polar surface area (TPSA) is 20.3 Å². The fourth-order valence-corrected chi connectivity index (χ4v) is 2.94. The van der Waals surface area contributed by atoms with Crippen LogP contribution in [0.3, 0.4) is 0 Å². The van der Waals surface area contributed by atoms with Crippen LogP contribution in [0.25, 0.3) is 0 Å². The largest absolute Gasteiger partial charge is 0.342 e. The molecule has 4 heteroatoms. The van der Waals surface area contributed by atoms with Crippen molar-refractivity contribution in [2.24, 2.45) is 0 Å². The first-order valence-electron chi connectivity index (χ1n) is 7.41. The number of amides is 1. The molecule has 2 aromatic rings. The highest BCUT2D eigenvalue weighted by Gasteiger charge is 2.27. The van der Waals surface area contributed by atoms with Gasteiger partial charge in [0.2, 0.25) is 5.91 Å². The molecule has 114 valence electrons. The smallest absolute Gasteiger partial charge is 0.227 e. The molecule has 0 bridgehead atoms. The molecule has 0 spiro atoms. The van der Waals surface area contributed by atoms with Gasteiger partial charge in [0.05, 0.1) is 6.42 Å². The van der Waals surface area contributed by atoms with Gasteiger partial charge < -0.3 is 4.90 Å². The maximum absolute atomic E-state index is 13.6. The van der Waals surface area contributed by atoms with Gasteiger partial charge in [0, 0.05) is 24.6 Å². The van der Waals surface area contributed by atoms with Crippen LogP contribution in [0.2, 0.25) is 0 Å². The average molecular weight is 301 g/mol. The molecule has 22 heavy (non-hydrogen) atoms. The molecule has 0 unspecified atom stereocenters. The van der Waals surface area contributed by atoms with E-state index >= 15 is 0 Å². The first-order valence-corrected chi connectivity index (χ1v) is 7.41. The number of rotatable bonds is 3. The summed E-state index contributed by atoms with van der Waals surface area (Å²) in [6.45, 7) is 1.30. The zero-order valence-electron chi connectivity index (χ0n) is 12.1. The molecule has 0 aromatic heterocycles. The number of carbonyl (C=O) groups excluding carboxylic acids is 1. The summed E-state index contributed by atoms with van der Waals surface area (Å²) in [6.07, 6.45) is 0.812. The van der Waals surface area contributed by atoms with Crippen molar-refractivity contribution in [2.75, 3.05) is 13.1 Å². The van der Waals surface area contributed by atoms with Crippen molar-refractivity contribution in [3.8, 4) is 0 Å². The summed E-state index contributed by atoms with van der Waals surface area (Å²) >= 11 is 0. The third-order valence-electron chi connectivity index (χ3n) is 4.19. The highest BCUT2D eigenvalue weighted by atomic mass is 19.2. The summed E-state index contributed by atoms with van der Waals surface area (Å²) in [5, 5.41) is 0. The number of benzene rings is 2. The SMILES string of the molecule is O=C(Cc1cccc(F)c1F)N1CC[C@@H](c2ccccc2)C1. The minimum absolute atomic E-state index is 0.0922. The molecule has 1 aliphatic rings. The van der Waals surface area contributed by atoms with Gasteiger partial charge in [-0.1, -0.05) is 42.5 Å². The second-order valence-electron chi connectivity index (χ2n) is 5.63. The molecule has 1 aliphatic heterocycles. The summed E-state index contributed by atoms with van der Waals surface area (Å²) in [5.74, 6) is -1.66. The zero-order chi connectivity index (χ0) is 15.5. The Balaban J connectivity index is 1.66. The van der Waals surface area contributed by atoms with Gasteiger partial charge in [0.25, 0.3) is 0 Å². The summed E-state index contributed by atoms with van der Waals surface area (Å²) in [4.78, 5) is 14.0. The van der Waals surface area contributed by atoms with E-state index in [-0.39, 0.29) is 17.9 Å². The second-order valence-corrected chi connectivity index (χ2v) is 5.63. The average Bonchev–Trinajstić information content (AvgIpc) is 3.03. The Bertz CT molecular complexity index is 672. The van der Waals surface area contributed by atoms with Crippen molar-refractivity contribution in [2.45, 2.75) is 18.8 Å². The molecule has 0 radical (unpaired) electrons. The Morgan fingerprint density at radius 3 is 2.64 bits per heavy atom. The molecule has 1 saturated heterocycles. The summed E-state index contributed by atoms with van der Waals surface area (Å²) in [6, 6.07) is 14.0. The van der Waals surface area contributed by atoms with Gasteiger partial charge in [0.15, 0.2) is 11.6 Å². The van der Waals surface area contributed by atoms with E-state index in [1.54, 1.807) is 4.90 Å². The predicted octanol–water partition coefficient (Wildman–Crippen LogP) is 3.52. The normalized spacial score (nSPS) is 17.7. The van der Waals surface area contributed by atoms with Gasteiger partial charge in [-0.05, 0) is 18.1 Å². The Morgan fingerprint density at radius 2 is 1.86 bits per heavy atom. The molecule has 0 aliphatic carbocycles. The molecular weight excluding hydrogens is 284 g/mol. The summed E-state index contributed by atoms with van der Waals surface area (Å²) in [5.41, 5.74) is 1.34. The lowest BCUT2D eigenvalue weighted by Crippen LogP contribution is -2.30. The van der Waals surface area contributed by atoms with Gasteiger partial charge >= 0.3 is 0 Å². The van der Waals surface area contributed by atoms with E-state index in [1.807, 2.05) is 18.2 Å². The fraction of sp³-hybridized carbons (Fsp3) is 0.278. The third kappa shape index (κ3) is 3.01. The van der Waals surface area contributed by atoms with Crippen molar-refractivity contribution in [1.82, 2.24) is 4.90 Å². The Kier molecular flexibility index (Phi) is 4.18. The number of nitrogens with zero attached hydrogens (tertiary/aromatic N) is 1. The lowest BCUT2D eigenvalue weighted by molar-refractivity contribution is -0.129. The van der Waals surface area contributed by atoms with Crippen LogP contribution in [-0.2, 0) is 11.2 Å². The van der Waals surface area contributed by atoms with E-state index in [9.17, 15) is 13.6 Å². The van der Waals surface area contributed by atoms with Crippen LogP contribution in [0.15, 0.2) is 48.5 Å². The van der Waals surface area contributed by atoms with Gasteiger partial charge in [-0.2, -0.15) is 0 Å². The number of halogens is 2. The van der Waals surface area contributed by atoms with Crippen LogP contribution >= 0.6 is 0 Å². The number of hydrogen-bond acceptors (Lipinski definition) is 1. The Morgan fingerprint density at radius 1 is 1.09 bits per heavy atom. The van der Waals surface area contributed by atoms with Crippen molar-refractivity contribution in [3.63, 3.8) is 0 Å². The summed E-state index contributed by atoms with van der Waals surface area (Å²) < 4.78 is 26.8.